The predicted molar refractivity (Wildman–Crippen MR) is 141 cm³/mol. The van der Waals surface area contributed by atoms with Crippen molar-refractivity contribution in [3.05, 3.63) is 36.6 Å². The molecule has 2 aromatic heterocycles. The number of nitrogens with zero attached hydrogens (tertiary/aromatic N) is 5. The van der Waals surface area contributed by atoms with Crippen LogP contribution in [-0.2, 0) is 36.8 Å². The number of aromatic nitrogens is 4. The highest BCUT2D eigenvalue weighted by Crippen LogP contribution is 2.60. The highest BCUT2D eigenvalue weighted by atomic mass is 31.3. The van der Waals surface area contributed by atoms with Crippen LogP contribution < -0.4 is 5.73 Å². The van der Waals surface area contributed by atoms with E-state index in [4.69, 9.17) is 24.8 Å². The summed E-state index contributed by atoms with van der Waals surface area (Å²) in [4.78, 5) is 44.4. The number of fused-ring (bicyclic) bond motifs is 1. The van der Waals surface area contributed by atoms with Gasteiger partial charge in [-0.3, -0.25) is 13.6 Å². The maximum atomic E-state index is 12.4. The Labute approximate surface area is 246 Å². The zero-order valence-corrected chi connectivity index (χ0v) is 24.0. The predicted octanol–water partition coefficient (Wildman–Crippen LogP) is -2.43. The molecule has 2 aromatic rings. The second-order valence-electron chi connectivity index (χ2n) is 9.77. The lowest BCUT2D eigenvalue weighted by Gasteiger charge is -2.30. The van der Waals surface area contributed by atoms with E-state index in [1.54, 1.807) is 0 Å². The average Bonchev–Trinajstić information content (AvgIpc) is 3.61. The van der Waals surface area contributed by atoms with Gasteiger partial charge in [-0.15, -0.1) is 0 Å². The second-order valence-corrected chi connectivity index (χ2v) is 12.8. The zero-order valence-electron chi connectivity index (χ0n) is 22.2. The Morgan fingerprint density at radius 2 is 1.55 bits per heavy atom. The third-order valence-corrected chi connectivity index (χ3v) is 9.44. The first-order valence-corrected chi connectivity index (χ1v) is 15.7. The van der Waals surface area contributed by atoms with Gasteiger partial charge in [-0.2, -0.15) is 4.31 Å². The first-order chi connectivity index (χ1) is 20.7. The van der Waals surface area contributed by atoms with Gasteiger partial charge in [0.2, 0.25) is 0 Å². The molecule has 0 aliphatic carbocycles. The normalized spacial score (nSPS) is 33.3. The van der Waals surface area contributed by atoms with Crippen molar-refractivity contribution < 1.29 is 72.1 Å². The number of imidazole rings is 1. The number of nitrogens with two attached hydrogens (primary N) is 1. The second kappa shape index (κ2) is 12.5. The number of rotatable bonds is 11. The van der Waals surface area contributed by atoms with Gasteiger partial charge in [-0.25, -0.2) is 28.9 Å². The van der Waals surface area contributed by atoms with E-state index >= 15 is 0 Å². The van der Waals surface area contributed by atoms with E-state index in [0.717, 1.165) is 6.33 Å². The van der Waals surface area contributed by atoms with Crippen LogP contribution in [0.2, 0.25) is 0 Å². The fourth-order valence-electron chi connectivity index (χ4n) is 4.69. The molecule has 0 spiro atoms. The number of anilines is 1. The third-order valence-electron chi connectivity index (χ3n) is 6.84. The fraction of sp³-hybridized carbons (Fsp3) is 0.524. The highest BCUT2D eigenvalue weighted by molar-refractivity contribution is 7.61. The summed E-state index contributed by atoms with van der Waals surface area (Å²) in [5.74, 6) is -1.20. The van der Waals surface area contributed by atoms with E-state index in [2.05, 4.69) is 23.8 Å². The molecule has 10 atom stereocenters. The molecule has 44 heavy (non-hydrogen) atoms. The van der Waals surface area contributed by atoms with Crippen molar-refractivity contribution in [2.75, 3.05) is 25.5 Å². The SMILES string of the molecule is Nc1ncnc2c1ncn2[C@@H]1O[C@H](COP(=O)(O)OP(=O)(O)OC[C@H]2O[C@@H](N3C=C(C(=O)O)C=CC3)[C@H](O)[C@@H]2O)[C@@H](O)[C@H]1O. The Hall–Kier alpha value is -2.88. The minimum absolute atomic E-state index is 0.0478. The number of carboxylic acids is 1. The van der Waals surface area contributed by atoms with Crippen molar-refractivity contribution in [3.8, 4) is 0 Å². The topological polar surface area (TPSA) is 312 Å². The number of hydrogen-bond acceptors (Lipinski definition) is 17. The molecule has 3 aliphatic heterocycles. The summed E-state index contributed by atoms with van der Waals surface area (Å²) >= 11 is 0. The number of hydrogen-bond donors (Lipinski definition) is 8. The van der Waals surface area contributed by atoms with Gasteiger partial charge >= 0.3 is 21.6 Å². The quantitative estimate of drug-likeness (QED) is 0.116. The minimum Gasteiger partial charge on any atom is -0.478 e. The van der Waals surface area contributed by atoms with E-state index in [1.807, 2.05) is 0 Å². The van der Waals surface area contributed by atoms with E-state index in [9.17, 15) is 44.1 Å². The van der Waals surface area contributed by atoms with Gasteiger partial charge in [-0.05, 0) is 6.08 Å². The molecule has 0 amide bonds. The van der Waals surface area contributed by atoms with Crippen molar-refractivity contribution in [1.29, 1.82) is 0 Å². The fourth-order valence-corrected chi connectivity index (χ4v) is 6.78. The molecule has 21 nitrogen and oxygen atoms in total. The summed E-state index contributed by atoms with van der Waals surface area (Å²) in [5.41, 5.74) is 5.98. The molecule has 2 fully saturated rings. The van der Waals surface area contributed by atoms with Crippen LogP contribution in [0.1, 0.15) is 6.23 Å². The number of phosphoric ester groups is 2. The summed E-state index contributed by atoms with van der Waals surface area (Å²) in [7, 11) is -10.8. The summed E-state index contributed by atoms with van der Waals surface area (Å²) in [6, 6.07) is 0. The summed E-state index contributed by atoms with van der Waals surface area (Å²) in [6.45, 7) is -1.70. The van der Waals surface area contributed by atoms with Gasteiger partial charge in [0.1, 0.15) is 48.5 Å². The standard InChI is InChI=1S/C21H28N6O15P2/c22-17-12-18(24-7-23-17)27(8-25-12)20-16(31)14(29)11(41-20)6-39-44(36,37)42-43(34,35)38-5-10-13(28)15(30)19(40-10)26-3-1-2-9(4-26)21(32)33/h1-2,4,7-8,10-11,13-16,19-20,28-31H,3,5-6H2,(H,32,33)(H,34,35)(H,36,37)(H2,22,23,24)/t10-,11-,13-,14-,15-,16-,19-,20-/m1/s1. The molecule has 3 aliphatic rings. The van der Waals surface area contributed by atoms with Crippen molar-refractivity contribution >= 4 is 38.6 Å². The van der Waals surface area contributed by atoms with Crippen molar-refractivity contribution in [2.24, 2.45) is 0 Å². The lowest BCUT2D eigenvalue weighted by atomic mass is 10.1. The number of aliphatic carboxylic acids is 1. The molecule has 2 saturated heterocycles. The smallest absolute Gasteiger partial charge is 0.478 e. The van der Waals surface area contributed by atoms with E-state index in [-0.39, 0.29) is 29.1 Å². The molecule has 5 heterocycles. The first kappa shape index (κ1) is 32.5. The molecule has 0 saturated carbocycles. The Morgan fingerprint density at radius 1 is 0.955 bits per heavy atom. The molecule has 0 radical (unpaired) electrons. The maximum Gasteiger partial charge on any atom is 0.481 e. The Morgan fingerprint density at radius 3 is 2.16 bits per heavy atom. The van der Waals surface area contributed by atoms with Crippen LogP contribution in [0.4, 0.5) is 5.82 Å². The first-order valence-electron chi connectivity index (χ1n) is 12.7. The van der Waals surface area contributed by atoms with Crippen LogP contribution in [0.3, 0.4) is 0 Å². The van der Waals surface area contributed by atoms with Gasteiger partial charge in [0, 0.05) is 12.7 Å². The third kappa shape index (κ3) is 6.70. The van der Waals surface area contributed by atoms with Crippen molar-refractivity contribution in [2.45, 2.75) is 49.1 Å². The number of nitrogen functional groups attached to an aromatic ring is 1. The number of phosphoric acid groups is 2. The lowest BCUT2D eigenvalue weighted by Crippen LogP contribution is -2.42. The highest BCUT2D eigenvalue weighted by Gasteiger charge is 2.48. The number of ether oxygens (including phenoxy) is 2. The molecule has 2 unspecified atom stereocenters. The Kier molecular flexibility index (Phi) is 9.23. The Balaban J connectivity index is 1.15. The van der Waals surface area contributed by atoms with Crippen LogP contribution in [0.5, 0.6) is 0 Å². The maximum absolute atomic E-state index is 12.4. The van der Waals surface area contributed by atoms with Gasteiger partial charge < -0.3 is 55.4 Å². The van der Waals surface area contributed by atoms with Crippen molar-refractivity contribution in [3.63, 3.8) is 0 Å². The zero-order chi connectivity index (χ0) is 32.0. The molecule has 0 bridgehead atoms. The number of aliphatic hydroxyl groups is 4. The Bertz CT molecular complexity index is 1550. The largest absolute Gasteiger partial charge is 0.481 e. The van der Waals surface area contributed by atoms with E-state index in [0.29, 0.717) is 0 Å². The molecule has 242 valence electrons. The van der Waals surface area contributed by atoms with Crippen LogP contribution >= 0.6 is 15.6 Å². The van der Waals surface area contributed by atoms with Crippen LogP contribution in [0.25, 0.3) is 11.2 Å². The van der Waals surface area contributed by atoms with E-state index in [1.165, 1.54) is 34.1 Å². The summed E-state index contributed by atoms with van der Waals surface area (Å²) in [6.07, 6.45) is -5.57. The van der Waals surface area contributed by atoms with E-state index < -0.39 is 83.9 Å². The van der Waals surface area contributed by atoms with Gasteiger partial charge in [0.05, 0.1) is 25.1 Å². The lowest BCUT2D eigenvalue weighted by molar-refractivity contribution is -0.132. The summed E-state index contributed by atoms with van der Waals surface area (Å²) in [5, 5.41) is 50.8. The van der Waals surface area contributed by atoms with Crippen LogP contribution in [0.15, 0.2) is 36.6 Å². The number of carboxylic acid groups (broad SMARTS) is 1. The molecular formula is C21H28N6O15P2. The van der Waals surface area contributed by atoms with Crippen molar-refractivity contribution in [1.82, 2.24) is 24.4 Å². The molecule has 5 rings (SSSR count). The summed E-state index contributed by atoms with van der Waals surface area (Å²) < 4.78 is 50.7. The van der Waals surface area contributed by atoms with Crippen LogP contribution in [0, 0.1) is 0 Å². The monoisotopic (exact) mass is 666 g/mol. The molecule has 0 aromatic carbocycles. The molecule has 9 N–H and O–H groups in total. The average molecular weight is 666 g/mol. The van der Waals surface area contributed by atoms with Gasteiger partial charge in [0.25, 0.3) is 0 Å². The number of carbonyl (C=O) groups is 1. The minimum atomic E-state index is -5.38. The molecule has 23 heteroatoms. The number of aliphatic hydroxyl groups excluding tert-OH is 4. The van der Waals surface area contributed by atoms with Gasteiger partial charge in [-0.1, -0.05) is 6.08 Å². The van der Waals surface area contributed by atoms with Gasteiger partial charge in [0.15, 0.2) is 23.9 Å². The van der Waals surface area contributed by atoms with Crippen LogP contribution in [-0.4, -0.2) is 128 Å². The molecular weight excluding hydrogens is 638 g/mol.